The molecule has 1 aromatic rings. The Morgan fingerprint density at radius 3 is 2.47 bits per heavy atom. The van der Waals surface area contributed by atoms with E-state index in [0.29, 0.717) is 18.8 Å². The third kappa shape index (κ3) is 2.08. The first-order valence-electron chi connectivity index (χ1n) is 4.82. The van der Waals surface area contributed by atoms with Gasteiger partial charge in [-0.3, -0.25) is 0 Å². The number of alkyl halides is 3. The summed E-state index contributed by atoms with van der Waals surface area (Å²) in [6.07, 6.45) is -1.42. The molecule has 4 heteroatoms. The lowest BCUT2D eigenvalue weighted by Gasteiger charge is -2.22. The van der Waals surface area contributed by atoms with Crippen LogP contribution in [-0.4, -0.2) is 13.1 Å². The van der Waals surface area contributed by atoms with Gasteiger partial charge in [-0.25, -0.2) is 0 Å². The maximum absolute atomic E-state index is 12.7. The summed E-state index contributed by atoms with van der Waals surface area (Å²) >= 11 is 0. The van der Waals surface area contributed by atoms with Crippen LogP contribution in [0.3, 0.4) is 0 Å². The second kappa shape index (κ2) is 3.76. The van der Waals surface area contributed by atoms with Crippen LogP contribution in [-0.2, 0) is 6.18 Å². The first-order valence-corrected chi connectivity index (χ1v) is 4.82. The second-order valence-electron chi connectivity index (χ2n) is 3.54. The van der Waals surface area contributed by atoms with Gasteiger partial charge in [0.1, 0.15) is 0 Å². The predicted octanol–water partition coefficient (Wildman–Crippen LogP) is 3.12. The maximum Gasteiger partial charge on any atom is 0.418 e. The molecule has 0 spiro atoms. The minimum Gasteiger partial charge on any atom is -0.371 e. The van der Waals surface area contributed by atoms with E-state index < -0.39 is 11.7 Å². The number of hydrogen-bond acceptors (Lipinski definition) is 1. The lowest BCUT2D eigenvalue weighted by Crippen LogP contribution is -2.21. The first-order chi connectivity index (χ1) is 7.09. The van der Waals surface area contributed by atoms with E-state index >= 15 is 0 Å². The molecule has 81 valence electrons. The summed E-state index contributed by atoms with van der Waals surface area (Å²) in [5.41, 5.74) is -0.251. The highest BCUT2D eigenvalue weighted by molar-refractivity contribution is 5.56. The van der Waals surface area contributed by atoms with Crippen molar-refractivity contribution in [2.24, 2.45) is 0 Å². The van der Waals surface area contributed by atoms with Crippen molar-refractivity contribution in [1.29, 1.82) is 0 Å². The minimum atomic E-state index is -4.26. The van der Waals surface area contributed by atoms with Crippen LogP contribution in [0, 0.1) is 6.42 Å². The summed E-state index contributed by atoms with van der Waals surface area (Å²) in [6.45, 7) is 1.28. The van der Waals surface area contributed by atoms with Gasteiger partial charge in [0.25, 0.3) is 0 Å². The average Bonchev–Trinajstić information content (AvgIpc) is 2.69. The van der Waals surface area contributed by atoms with Gasteiger partial charge in [-0.2, -0.15) is 13.2 Å². The van der Waals surface area contributed by atoms with E-state index in [1.54, 1.807) is 11.0 Å². The van der Waals surface area contributed by atoms with Crippen molar-refractivity contribution in [2.75, 3.05) is 18.0 Å². The molecule has 1 saturated heterocycles. The molecule has 1 fully saturated rings. The summed E-state index contributed by atoms with van der Waals surface area (Å²) in [5.74, 6) is 0. The van der Waals surface area contributed by atoms with Gasteiger partial charge >= 0.3 is 6.18 Å². The molecule has 0 aliphatic carbocycles. The van der Waals surface area contributed by atoms with Gasteiger partial charge in [0.2, 0.25) is 0 Å². The normalized spacial score (nSPS) is 17.1. The molecule has 0 aromatic heterocycles. The van der Waals surface area contributed by atoms with Crippen molar-refractivity contribution in [3.63, 3.8) is 0 Å². The Morgan fingerprint density at radius 1 is 1.13 bits per heavy atom. The third-order valence-electron chi connectivity index (χ3n) is 2.50. The fraction of sp³-hybridized carbons (Fsp3) is 0.364. The average molecular weight is 214 g/mol. The number of benzene rings is 1. The van der Waals surface area contributed by atoms with Crippen molar-refractivity contribution in [3.05, 3.63) is 36.2 Å². The van der Waals surface area contributed by atoms with Crippen LogP contribution in [0.25, 0.3) is 0 Å². The SMILES string of the molecule is FC(F)(F)c1ccccc1N1C[CH]CC1. The van der Waals surface area contributed by atoms with Gasteiger partial charge in [0, 0.05) is 18.8 Å². The van der Waals surface area contributed by atoms with Crippen LogP contribution in [0.1, 0.15) is 12.0 Å². The molecule has 0 unspecified atom stereocenters. The molecule has 0 bridgehead atoms. The number of hydrogen-bond donors (Lipinski definition) is 0. The van der Waals surface area contributed by atoms with Gasteiger partial charge < -0.3 is 4.90 Å². The Kier molecular flexibility index (Phi) is 2.59. The summed E-state index contributed by atoms with van der Waals surface area (Å²) in [4.78, 5) is 1.75. The topological polar surface area (TPSA) is 3.24 Å². The van der Waals surface area contributed by atoms with Crippen LogP contribution in [0.2, 0.25) is 0 Å². The van der Waals surface area contributed by atoms with E-state index in [1.807, 2.05) is 6.42 Å². The maximum atomic E-state index is 12.7. The molecular weight excluding hydrogens is 203 g/mol. The second-order valence-corrected chi connectivity index (χ2v) is 3.54. The van der Waals surface area contributed by atoms with Crippen LogP contribution >= 0.6 is 0 Å². The Morgan fingerprint density at radius 2 is 1.87 bits per heavy atom. The number of anilines is 1. The van der Waals surface area contributed by atoms with Gasteiger partial charge in [-0.05, 0) is 25.0 Å². The van der Waals surface area contributed by atoms with E-state index in [4.69, 9.17) is 0 Å². The number of para-hydroxylation sites is 1. The van der Waals surface area contributed by atoms with Crippen LogP contribution in [0.4, 0.5) is 18.9 Å². The molecule has 0 saturated carbocycles. The molecule has 0 N–H and O–H groups in total. The third-order valence-corrected chi connectivity index (χ3v) is 2.50. The smallest absolute Gasteiger partial charge is 0.371 e. The zero-order chi connectivity index (χ0) is 10.9. The molecule has 1 heterocycles. The zero-order valence-corrected chi connectivity index (χ0v) is 8.09. The van der Waals surface area contributed by atoms with Crippen LogP contribution in [0.15, 0.2) is 24.3 Å². The van der Waals surface area contributed by atoms with Gasteiger partial charge in [-0.1, -0.05) is 12.1 Å². The monoisotopic (exact) mass is 214 g/mol. The van der Waals surface area contributed by atoms with E-state index in [9.17, 15) is 13.2 Å². The molecule has 0 amide bonds. The summed E-state index contributed by atoms with van der Waals surface area (Å²) in [6, 6.07) is 5.73. The van der Waals surface area contributed by atoms with Crippen molar-refractivity contribution in [3.8, 4) is 0 Å². The Balaban J connectivity index is 2.37. The molecule has 1 radical (unpaired) electrons. The summed E-state index contributed by atoms with van der Waals surface area (Å²) < 4.78 is 38.0. The molecule has 1 aromatic carbocycles. The number of halogens is 3. The Hall–Kier alpha value is -1.19. The molecule has 1 aliphatic heterocycles. The fourth-order valence-electron chi connectivity index (χ4n) is 1.79. The standard InChI is InChI=1S/C11H11F3N/c12-11(13,14)9-5-1-2-6-10(9)15-7-3-4-8-15/h1-3,5-6H,4,7-8H2. The first kappa shape index (κ1) is 10.3. The quantitative estimate of drug-likeness (QED) is 0.694. The fourth-order valence-corrected chi connectivity index (χ4v) is 1.79. The number of rotatable bonds is 1. The predicted molar refractivity (Wildman–Crippen MR) is 52.6 cm³/mol. The summed E-state index contributed by atoms with van der Waals surface area (Å²) in [7, 11) is 0. The highest BCUT2D eigenvalue weighted by atomic mass is 19.4. The lowest BCUT2D eigenvalue weighted by atomic mass is 10.1. The van der Waals surface area contributed by atoms with Gasteiger partial charge in [0.05, 0.1) is 5.56 Å². The molecular formula is C11H11F3N. The molecule has 1 nitrogen and oxygen atoms in total. The zero-order valence-electron chi connectivity index (χ0n) is 8.09. The van der Waals surface area contributed by atoms with Gasteiger partial charge in [0.15, 0.2) is 0 Å². The molecule has 1 aliphatic rings. The minimum absolute atomic E-state index is 0.291. The van der Waals surface area contributed by atoms with Crippen molar-refractivity contribution >= 4 is 5.69 Å². The Bertz CT molecular complexity index is 340. The van der Waals surface area contributed by atoms with E-state index in [0.717, 1.165) is 12.5 Å². The van der Waals surface area contributed by atoms with E-state index in [2.05, 4.69) is 0 Å². The van der Waals surface area contributed by atoms with Crippen LogP contribution < -0.4 is 4.90 Å². The number of nitrogens with zero attached hydrogens (tertiary/aromatic N) is 1. The van der Waals surface area contributed by atoms with E-state index in [1.165, 1.54) is 12.1 Å². The van der Waals surface area contributed by atoms with Gasteiger partial charge in [-0.15, -0.1) is 0 Å². The van der Waals surface area contributed by atoms with Crippen LogP contribution in [0.5, 0.6) is 0 Å². The highest BCUT2D eigenvalue weighted by Crippen LogP contribution is 2.37. The lowest BCUT2D eigenvalue weighted by molar-refractivity contribution is -0.137. The van der Waals surface area contributed by atoms with Crippen molar-refractivity contribution in [1.82, 2.24) is 0 Å². The highest BCUT2D eigenvalue weighted by Gasteiger charge is 2.34. The molecule has 0 atom stereocenters. The Labute approximate surface area is 86.5 Å². The van der Waals surface area contributed by atoms with Crippen molar-refractivity contribution in [2.45, 2.75) is 12.6 Å². The molecule has 15 heavy (non-hydrogen) atoms. The summed E-state index contributed by atoms with van der Waals surface area (Å²) in [5, 5.41) is 0. The largest absolute Gasteiger partial charge is 0.418 e. The van der Waals surface area contributed by atoms with E-state index in [-0.39, 0.29) is 0 Å². The molecule has 2 rings (SSSR count). The van der Waals surface area contributed by atoms with Crippen molar-refractivity contribution < 1.29 is 13.2 Å².